The van der Waals surface area contributed by atoms with E-state index in [1.807, 2.05) is 4.90 Å². The van der Waals surface area contributed by atoms with E-state index in [0.29, 0.717) is 30.9 Å². The largest absolute Gasteiger partial charge is 0.462 e. The molecule has 1 unspecified atom stereocenters. The lowest BCUT2D eigenvalue weighted by Crippen LogP contribution is -2.43. The molecule has 8 heteroatoms. The minimum atomic E-state index is -0.513. The molecule has 0 amide bonds. The first-order valence-electron chi connectivity index (χ1n) is 7.31. The van der Waals surface area contributed by atoms with Gasteiger partial charge in [0.25, 0.3) is 0 Å². The lowest BCUT2D eigenvalue weighted by Gasteiger charge is -2.35. The molecule has 0 spiro atoms. The van der Waals surface area contributed by atoms with Gasteiger partial charge in [-0.3, -0.25) is 0 Å². The number of carbonyl (C=O) groups excluding carboxylic acids is 1. The second-order valence-corrected chi connectivity index (χ2v) is 4.99. The number of aromatic nitrogens is 1. The van der Waals surface area contributed by atoms with Crippen LogP contribution in [0.4, 0.5) is 11.5 Å². The number of rotatable bonds is 5. The molecule has 3 N–H and O–H groups in total. The number of carbonyl (C=O) groups is 1. The predicted octanol–water partition coefficient (Wildman–Crippen LogP) is 0.957. The Morgan fingerprint density at radius 1 is 1.74 bits per heavy atom. The van der Waals surface area contributed by atoms with Gasteiger partial charge in [0.2, 0.25) is 0 Å². The van der Waals surface area contributed by atoms with Crippen molar-refractivity contribution < 1.29 is 14.3 Å². The average Bonchev–Trinajstić information content (AvgIpc) is 2.55. The summed E-state index contributed by atoms with van der Waals surface area (Å²) in [6.07, 6.45) is 2.45. The van der Waals surface area contributed by atoms with E-state index < -0.39 is 5.97 Å². The number of nitrogens with zero attached hydrogens (tertiary/aromatic N) is 3. The number of anilines is 2. The number of nitriles is 1. The van der Waals surface area contributed by atoms with Crippen molar-refractivity contribution in [3.8, 4) is 6.07 Å². The fourth-order valence-corrected chi connectivity index (χ4v) is 2.52. The van der Waals surface area contributed by atoms with Gasteiger partial charge >= 0.3 is 5.97 Å². The summed E-state index contributed by atoms with van der Waals surface area (Å²) >= 11 is 0. The normalized spacial score (nSPS) is 17.4. The maximum atomic E-state index is 12.2. The van der Waals surface area contributed by atoms with Gasteiger partial charge in [-0.15, -0.1) is 0 Å². The molecule has 1 saturated heterocycles. The van der Waals surface area contributed by atoms with Gasteiger partial charge in [-0.05, 0) is 6.92 Å². The molecule has 2 rings (SSSR count). The van der Waals surface area contributed by atoms with Crippen LogP contribution in [0.15, 0.2) is 6.20 Å². The van der Waals surface area contributed by atoms with Gasteiger partial charge in [0.15, 0.2) is 0 Å². The SMILES string of the molecule is CCOC(=O)c1cnc(N)c(C=N)c1N1CCOC(CC#N)C1. The van der Waals surface area contributed by atoms with Crippen molar-refractivity contribution in [2.24, 2.45) is 0 Å². The van der Waals surface area contributed by atoms with Crippen molar-refractivity contribution in [2.75, 3.05) is 36.9 Å². The highest BCUT2D eigenvalue weighted by Gasteiger charge is 2.28. The van der Waals surface area contributed by atoms with Gasteiger partial charge in [0.05, 0.1) is 43.1 Å². The van der Waals surface area contributed by atoms with Crippen LogP contribution < -0.4 is 10.6 Å². The third-order valence-electron chi connectivity index (χ3n) is 3.53. The van der Waals surface area contributed by atoms with Gasteiger partial charge in [-0.1, -0.05) is 0 Å². The Labute approximate surface area is 134 Å². The number of hydrogen-bond acceptors (Lipinski definition) is 8. The highest BCUT2D eigenvalue weighted by molar-refractivity contribution is 6.03. The molecular formula is C15H19N5O3. The summed E-state index contributed by atoms with van der Waals surface area (Å²) in [5.74, 6) is -0.340. The third-order valence-corrected chi connectivity index (χ3v) is 3.53. The average molecular weight is 317 g/mol. The summed E-state index contributed by atoms with van der Waals surface area (Å²) in [5.41, 5.74) is 6.99. The van der Waals surface area contributed by atoms with E-state index in [0.717, 1.165) is 6.21 Å². The summed E-state index contributed by atoms with van der Waals surface area (Å²) in [4.78, 5) is 18.1. The molecule has 8 nitrogen and oxygen atoms in total. The molecular weight excluding hydrogens is 298 g/mol. The van der Waals surface area contributed by atoms with Crippen LogP contribution in [0.25, 0.3) is 0 Å². The van der Waals surface area contributed by atoms with Gasteiger partial charge < -0.3 is 25.5 Å². The lowest BCUT2D eigenvalue weighted by atomic mass is 10.1. The molecule has 1 aromatic heterocycles. The fraction of sp³-hybridized carbons (Fsp3) is 0.467. The van der Waals surface area contributed by atoms with Crippen LogP contribution in [-0.2, 0) is 9.47 Å². The van der Waals surface area contributed by atoms with Crippen molar-refractivity contribution in [1.82, 2.24) is 4.98 Å². The number of esters is 1. The van der Waals surface area contributed by atoms with E-state index in [4.69, 9.17) is 25.9 Å². The predicted molar refractivity (Wildman–Crippen MR) is 84.7 cm³/mol. The minimum absolute atomic E-state index is 0.173. The van der Waals surface area contributed by atoms with E-state index in [9.17, 15) is 4.79 Å². The number of hydrogen-bond donors (Lipinski definition) is 2. The molecule has 0 bridgehead atoms. The Balaban J connectivity index is 2.45. The molecule has 23 heavy (non-hydrogen) atoms. The Morgan fingerprint density at radius 2 is 2.52 bits per heavy atom. The Morgan fingerprint density at radius 3 is 3.17 bits per heavy atom. The summed E-state index contributed by atoms with van der Waals surface area (Å²) in [7, 11) is 0. The summed E-state index contributed by atoms with van der Waals surface area (Å²) in [6.45, 7) is 3.34. The first-order valence-corrected chi connectivity index (χ1v) is 7.31. The van der Waals surface area contributed by atoms with Gasteiger partial charge in [-0.2, -0.15) is 5.26 Å². The second-order valence-electron chi connectivity index (χ2n) is 4.99. The quantitative estimate of drug-likeness (QED) is 0.612. The standard InChI is InChI=1S/C15H19N5O3/c1-2-22-15(21)12-8-19-14(18)11(7-17)13(12)20-5-6-23-10(9-20)3-4-16/h7-8,10,17H,2-3,5-6,9H2,1H3,(H2,18,19). The van der Waals surface area contributed by atoms with E-state index in [1.54, 1.807) is 6.92 Å². The summed E-state index contributed by atoms with van der Waals surface area (Å²) < 4.78 is 10.6. The van der Waals surface area contributed by atoms with Crippen LogP contribution in [0, 0.1) is 16.7 Å². The molecule has 1 atom stereocenters. The Bertz CT molecular complexity index is 641. The monoisotopic (exact) mass is 317 g/mol. The highest BCUT2D eigenvalue weighted by Crippen LogP contribution is 2.30. The molecule has 1 aromatic rings. The topological polar surface area (TPSA) is 125 Å². The van der Waals surface area contributed by atoms with Crippen molar-refractivity contribution in [3.63, 3.8) is 0 Å². The third kappa shape index (κ3) is 3.57. The molecule has 1 aliphatic heterocycles. The molecule has 0 aromatic carbocycles. The number of nitrogens with one attached hydrogen (secondary N) is 1. The number of nitrogens with two attached hydrogens (primary N) is 1. The van der Waals surface area contributed by atoms with E-state index in [2.05, 4.69) is 11.1 Å². The van der Waals surface area contributed by atoms with Gasteiger partial charge in [0, 0.05) is 25.5 Å². The van der Waals surface area contributed by atoms with Crippen LogP contribution in [0.5, 0.6) is 0 Å². The van der Waals surface area contributed by atoms with Crippen LogP contribution in [-0.4, -0.2) is 49.6 Å². The number of ether oxygens (including phenoxy) is 2. The van der Waals surface area contributed by atoms with E-state index >= 15 is 0 Å². The Kier molecular flexibility index (Phi) is 5.49. The molecule has 0 radical (unpaired) electrons. The zero-order valence-electron chi connectivity index (χ0n) is 12.9. The van der Waals surface area contributed by atoms with Crippen LogP contribution in [0.2, 0.25) is 0 Å². The first kappa shape index (κ1) is 16.7. The van der Waals surface area contributed by atoms with Crippen molar-refractivity contribution in [3.05, 3.63) is 17.3 Å². The Hall–Kier alpha value is -2.66. The smallest absolute Gasteiger partial charge is 0.341 e. The summed E-state index contributed by atoms with van der Waals surface area (Å²) in [6, 6.07) is 2.08. The number of pyridine rings is 1. The fourth-order valence-electron chi connectivity index (χ4n) is 2.52. The molecule has 0 saturated carbocycles. The molecule has 1 fully saturated rings. The maximum absolute atomic E-state index is 12.2. The zero-order chi connectivity index (χ0) is 16.8. The van der Waals surface area contributed by atoms with Crippen molar-refractivity contribution in [1.29, 1.82) is 10.7 Å². The highest BCUT2D eigenvalue weighted by atomic mass is 16.5. The molecule has 1 aliphatic rings. The van der Waals surface area contributed by atoms with E-state index in [1.165, 1.54) is 6.20 Å². The first-order chi connectivity index (χ1) is 11.1. The van der Waals surface area contributed by atoms with Crippen molar-refractivity contribution in [2.45, 2.75) is 19.4 Å². The zero-order valence-corrected chi connectivity index (χ0v) is 12.9. The molecule has 122 valence electrons. The van der Waals surface area contributed by atoms with E-state index in [-0.39, 0.29) is 30.5 Å². The number of nitrogen functional groups attached to an aromatic ring is 1. The number of morpholine rings is 1. The maximum Gasteiger partial charge on any atom is 0.341 e. The lowest BCUT2D eigenvalue weighted by molar-refractivity contribution is 0.0430. The second kappa shape index (κ2) is 7.56. The summed E-state index contributed by atoms with van der Waals surface area (Å²) in [5, 5.41) is 16.5. The van der Waals surface area contributed by atoms with Crippen LogP contribution >= 0.6 is 0 Å². The molecule has 0 aliphatic carbocycles. The minimum Gasteiger partial charge on any atom is -0.462 e. The van der Waals surface area contributed by atoms with Crippen molar-refractivity contribution >= 4 is 23.7 Å². The van der Waals surface area contributed by atoms with Gasteiger partial charge in [-0.25, -0.2) is 9.78 Å². The van der Waals surface area contributed by atoms with Crippen LogP contribution in [0.3, 0.4) is 0 Å². The molecule has 2 heterocycles. The van der Waals surface area contributed by atoms with Crippen LogP contribution in [0.1, 0.15) is 29.3 Å². The van der Waals surface area contributed by atoms with Gasteiger partial charge in [0.1, 0.15) is 11.4 Å².